The molecule has 1 saturated carbocycles. The third kappa shape index (κ3) is 8.35. The zero-order valence-electron chi connectivity index (χ0n) is 13.7. The molecule has 1 aromatic carbocycles. The van der Waals surface area contributed by atoms with Gasteiger partial charge < -0.3 is 15.8 Å². The second-order valence-corrected chi connectivity index (χ2v) is 6.13. The SMILES string of the molecule is Cl.NC1CCC(NC(=O)CCCOCCc2ccccc2)CC1. The number of nitrogens with two attached hydrogens (primary N) is 1. The second-order valence-electron chi connectivity index (χ2n) is 6.13. The van der Waals surface area contributed by atoms with Crippen molar-refractivity contribution >= 4 is 18.3 Å². The molecule has 23 heavy (non-hydrogen) atoms. The molecule has 0 heterocycles. The van der Waals surface area contributed by atoms with Gasteiger partial charge in [-0.2, -0.15) is 0 Å². The second kappa shape index (κ2) is 11.4. The van der Waals surface area contributed by atoms with Crippen LogP contribution in [-0.4, -0.2) is 31.2 Å². The number of hydrogen-bond acceptors (Lipinski definition) is 3. The van der Waals surface area contributed by atoms with Crippen molar-refractivity contribution in [1.82, 2.24) is 5.32 Å². The molecule has 4 nitrogen and oxygen atoms in total. The summed E-state index contributed by atoms with van der Waals surface area (Å²) >= 11 is 0. The number of hydrogen-bond donors (Lipinski definition) is 2. The quantitative estimate of drug-likeness (QED) is 0.715. The number of amides is 1. The molecule has 2 rings (SSSR count). The number of carbonyl (C=O) groups excluding carboxylic acids is 1. The van der Waals surface area contributed by atoms with Crippen molar-refractivity contribution < 1.29 is 9.53 Å². The van der Waals surface area contributed by atoms with E-state index in [0.717, 1.165) is 38.5 Å². The van der Waals surface area contributed by atoms with Crippen LogP contribution in [0.1, 0.15) is 44.1 Å². The van der Waals surface area contributed by atoms with E-state index in [1.54, 1.807) is 0 Å². The van der Waals surface area contributed by atoms with Crippen molar-refractivity contribution in [3.05, 3.63) is 35.9 Å². The van der Waals surface area contributed by atoms with Crippen LogP contribution in [0.25, 0.3) is 0 Å². The first-order chi connectivity index (χ1) is 10.7. The molecule has 5 heteroatoms. The Morgan fingerprint density at radius 1 is 1.13 bits per heavy atom. The van der Waals surface area contributed by atoms with E-state index in [-0.39, 0.29) is 18.3 Å². The van der Waals surface area contributed by atoms with E-state index in [4.69, 9.17) is 10.5 Å². The fourth-order valence-corrected chi connectivity index (χ4v) is 2.83. The van der Waals surface area contributed by atoms with Gasteiger partial charge in [-0.05, 0) is 44.1 Å². The number of nitrogens with one attached hydrogen (secondary N) is 1. The Kier molecular flexibility index (Phi) is 9.92. The minimum Gasteiger partial charge on any atom is -0.381 e. The summed E-state index contributed by atoms with van der Waals surface area (Å²) in [5, 5.41) is 3.11. The number of rotatable bonds is 8. The molecule has 1 aliphatic rings. The van der Waals surface area contributed by atoms with Crippen molar-refractivity contribution in [3.63, 3.8) is 0 Å². The van der Waals surface area contributed by atoms with Crippen LogP contribution in [0.3, 0.4) is 0 Å². The first-order valence-electron chi connectivity index (χ1n) is 8.40. The van der Waals surface area contributed by atoms with Gasteiger partial charge in [0.05, 0.1) is 6.61 Å². The third-order valence-corrected chi connectivity index (χ3v) is 4.21. The molecule has 1 amide bonds. The Morgan fingerprint density at radius 3 is 2.52 bits per heavy atom. The average molecular weight is 341 g/mol. The zero-order chi connectivity index (χ0) is 15.6. The number of halogens is 1. The van der Waals surface area contributed by atoms with Gasteiger partial charge in [0.25, 0.3) is 0 Å². The van der Waals surface area contributed by atoms with Crippen LogP contribution in [0.15, 0.2) is 30.3 Å². The lowest BCUT2D eigenvalue weighted by Crippen LogP contribution is -2.40. The number of carbonyl (C=O) groups is 1. The van der Waals surface area contributed by atoms with Crippen LogP contribution in [-0.2, 0) is 16.0 Å². The molecule has 0 radical (unpaired) electrons. The van der Waals surface area contributed by atoms with E-state index in [2.05, 4.69) is 17.4 Å². The molecule has 1 aliphatic carbocycles. The van der Waals surface area contributed by atoms with E-state index in [9.17, 15) is 4.79 Å². The van der Waals surface area contributed by atoms with Crippen molar-refractivity contribution in [2.45, 2.75) is 57.0 Å². The summed E-state index contributed by atoms with van der Waals surface area (Å²) in [5.74, 6) is 0.145. The van der Waals surface area contributed by atoms with Gasteiger partial charge in [-0.3, -0.25) is 4.79 Å². The summed E-state index contributed by atoms with van der Waals surface area (Å²) < 4.78 is 5.60. The van der Waals surface area contributed by atoms with Crippen molar-refractivity contribution in [2.75, 3.05) is 13.2 Å². The molecule has 0 bridgehead atoms. The number of ether oxygens (including phenoxy) is 1. The predicted molar refractivity (Wildman–Crippen MR) is 95.8 cm³/mol. The van der Waals surface area contributed by atoms with Gasteiger partial charge in [0, 0.05) is 25.1 Å². The molecule has 0 saturated heterocycles. The summed E-state index contributed by atoms with van der Waals surface area (Å²) in [6, 6.07) is 11.0. The molecule has 0 aliphatic heterocycles. The van der Waals surface area contributed by atoms with Crippen LogP contribution < -0.4 is 11.1 Å². The molecule has 3 N–H and O–H groups in total. The summed E-state index contributed by atoms with van der Waals surface area (Å²) in [4.78, 5) is 11.8. The highest BCUT2D eigenvalue weighted by atomic mass is 35.5. The first-order valence-corrected chi connectivity index (χ1v) is 8.40. The minimum atomic E-state index is 0. The van der Waals surface area contributed by atoms with E-state index >= 15 is 0 Å². The monoisotopic (exact) mass is 340 g/mol. The smallest absolute Gasteiger partial charge is 0.220 e. The highest BCUT2D eigenvalue weighted by Gasteiger charge is 2.19. The summed E-state index contributed by atoms with van der Waals surface area (Å²) in [6.45, 7) is 1.36. The Balaban J connectivity index is 0.00000264. The van der Waals surface area contributed by atoms with Crippen molar-refractivity contribution in [3.8, 4) is 0 Å². The third-order valence-electron chi connectivity index (χ3n) is 4.21. The molecular weight excluding hydrogens is 312 g/mol. The summed E-state index contributed by atoms with van der Waals surface area (Å²) in [5.41, 5.74) is 7.15. The van der Waals surface area contributed by atoms with Gasteiger partial charge in [-0.15, -0.1) is 12.4 Å². The fourth-order valence-electron chi connectivity index (χ4n) is 2.83. The van der Waals surface area contributed by atoms with Crippen LogP contribution in [0.5, 0.6) is 0 Å². The maximum absolute atomic E-state index is 11.8. The predicted octanol–water partition coefficient (Wildman–Crippen LogP) is 2.83. The van der Waals surface area contributed by atoms with Crippen molar-refractivity contribution in [1.29, 1.82) is 0 Å². The Labute approximate surface area is 145 Å². The van der Waals surface area contributed by atoms with Crippen LogP contribution in [0.4, 0.5) is 0 Å². The van der Waals surface area contributed by atoms with Crippen LogP contribution in [0.2, 0.25) is 0 Å². The van der Waals surface area contributed by atoms with Crippen molar-refractivity contribution in [2.24, 2.45) is 5.73 Å². The topological polar surface area (TPSA) is 64.3 Å². The summed E-state index contributed by atoms with van der Waals surface area (Å²) in [7, 11) is 0. The number of benzene rings is 1. The van der Waals surface area contributed by atoms with Gasteiger partial charge in [0.2, 0.25) is 5.91 Å². The van der Waals surface area contributed by atoms with E-state index in [0.29, 0.717) is 31.7 Å². The highest BCUT2D eigenvalue weighted by Crippen LogP contribution is 2.16. The lowest BCUT2D eigenvalue weighted by molar-refractivity contribution is -0.122. The Morgan fingerprint density at radius 2 is 1.83 bits per heavy atom. The average Bonchev–Trinajstić information content (AvgIpc) is 2.54. The molecular formula is C18H29ClN2O2. The maximum Gasteiger partial charge on any atom is 0.220 e. The van der Waals surface area contributed by atoms with Crippen LogP contribution in [0, 0.1) is 0 Å². The lowest BCUT2D eigenvalue weighted by Gasteiger charge is -2.26. The molecule has 1 aromatic rings. The lowest BCUT2D eigenvalue weighted by atomic mass is 9.92. The molecule has 1 fully saturated rings. The fraction of sp³-hybridized carbons (Fsp3) is 0.611. The molecule has 130 valence electrons. The maximum atomic E-state index is 11.8. The minimum absolute atomic E-state index is 0. The zero-order valence-corrected chi connectivity index (χ0v) is 14.5. The molecule has 0 atom stereocenters. The molecule has 0 spiro atoms. The van der Waals surface area contributed by atoms with Gasteiger partial charge in [-0.25, -0.2) is 0 Å². The van der Waals surface area contributed by atoms with Gasteiger partial charge >= 0.3 is 0 Å². The first kappa shape index (κ1) is 19.9. The Bertz CT molecular complexity index is 434. The Hall–Kier alpha value is -1.10. The van der Waals surface area contributed by atoms with Gasteiger partial charge in [0.15, 0.2) is 0 Å². The largest absolute Gasteiger partial charge is 0.381 e. The highest BCUT2D eigenvalue weighted by molar-refractivity contribution is 5.85. The van der Waals surface area contributed by atoms with Crippen LogP contribution >= 0.6 is 12.4 Å². The van der Waals surface area contributed by atoms with Gasteiger partial charge in [0.1, 0.15) is 0 Å². The standard InChI is InChI=1S/C18H28N2O2.ClH/c19-16-8-10-17(11-9-16)20-18(21)7-4-13-22-14-12-15-5-2-1-3-6-15;/h1-3,5-6,16-17H,4,7-14,19H2,(H,20,21);1H. The molecule has 0 unspecified atom stereocenters. The van der Waals surface area contributed by atoms with Gasteiger partial charge in [-0.1, -0.05) is 30.3 Å². The van der Waals surface area contributed by atoms with E-state index < -0.39 is 0 Å². The normalized spacial score (nSPS) is 20.6. The summed E-state index contributed by atoms with van der Waals surface area (Å²) in [6.07, 6.45) is 6.33. The van der Waals surface area contributed by atoms with E-state index in [1.807, 2.05) is 18.2 Å². The van der Waals surface area contributed by atoms with E-state index in [1.165, 1.54) is 5.56 Å². The molecule has 0 aromatic heterocycles.